The molecular weight excluding hydrogens is 362 g/mol. The fourth-order valence-electron chi connectivity index (χ4n) is 2.82. The highest BCUT2D eigenvalue weighted by molar-refractivity contribution is 6.02. The maximum Gasteiger partial charge on any atom is 0.248 e. The van der Waals surface area contributed by atoms with Crippen molar-refractivity contribution >= 4 is 17.7 Å². The normalized spacial score (nSPS) is 10.7. The zero-order chi connectivity index (χ0) is 20.6. The highest BCUT2D eigenvalue weighted by atomic mass is 16.5. The van der Waals surface area contributed by atoms with Crippen LogP contribution in [0.15, 0.2) is 72.8 Å². The number of amides is 1. The van der Waals surface area contributed by atoms with E-state index in [4.69, 9.17) is 9.47 Å². The van der Waals surface area contributed by atoms with Crippen molar-refractivity contribution in [2.75, 3.05) is 12.4 Å². The topological polar surface area (TPSA) is 47.6 Å². The smallest absolute Gasteiger partial charge is 0.248 e. The van der Waals surface area contributed by atoms with Crippen LogP contribution in [-0.4, -0.2) is 13.0 Å². The fraction of sp³-hybridized carbons (Fsp3) is 0.160. The van der Waals surface area contributed by atoms with Gasteiger partial charge in [0.05, 0.1) is 7.11 Å². The van der Waals surface area contributed by atoms with E-state index in [-0.39, 0.29) is 5.91 Å². The van der Waals surface area contributed by atoms with Crippen LogP contribution in [0.3, 0.4) is 0 Å². The molecule has 0 aliphatic heterocycles. The lowest BCUT2D eigenvalue weighted by atomic mass is 10.1. The molecule has 0 saturated carbocycles. The zero-order valence-electron chi connectivity index (χ0n) is 16.9. The van der Waals surface area contributed by atoms with Gasteiger partial charge in [-0.25, -0.2) is 0 Å². The molecule has 3 rings (SSSR count). The molecule has 4 nitrogen and oxygen atoms in total. The average Bonchev–Trinajstić information content (AvgIpc) is 2.74. The van der Waals surface area contributed by atoms with Crippen LogP contribution in [0.2, 0.25) is 0 Å². The van der Waals surface area contributed by atoms with Crippen molar-refractivity contribution in [1.82, 2.24) is 0 Å². The second-order valence-electron chi connectivity index (χ2n) is 6.81. The molecule has 0 bridgehead atoms. The number of benzene rings is 3. The number of methoxy groups -OCH3 is 1. The van der Waals surface area contributed by atoms with Crippen LogP contribution in [0.5, 0.6) is 11.5 Å². The van der Waals surface area contributed by atoms with Gasteiger partial charge in [0.1, 0.15) is 6.61 Å². The first-order valence-electron chi connectivity index (χ1n) is 9.46. The van der Waals surface area contributed by atoms with Gasteiger partial charge in [-0.1, -0.05) is 42.5 Å². The molecule has 148 valence electrons. The van der Waals surface area contributed by atoms with Crippen LogP contribution in [0.4, 0.5) is 5.69 Å². The number of aryl methyl sites for hydroxylation is 2. The van der Waals surface area contributed by atoms with Gasteiger partial charge < -0.3 is 14.8 Å². The van der Waals surface area contributed by atoms with Gasteiger partial charge in [-0.15, -0.1) is 0 Å². The molecule has 3 aromatic rings. The first-order valence-corrected chi connectivity index (χ1v) is 9.46. The minimum Gasteiger partial charge on any atom is -0.493 e. The Labute approximate surface area is 171 Å². The van der Waals surface area contributed by atoms with Crippen molar-refractivity contribution in [3.05, 3.63) is 95.1 Å². The molecule has 0 heterocycles. The molecule has 4 heteroatoms. The highest BCUT2D eigenvalue weighted by Crippen LogP contribution is 2.29. The van der Waals surface area contributed by atoms with Crippen LogP contribution in [-0.2, 0) is 11.4 Å². The number of carbonyl (C=O) groups excluding carboxylic acids is 1. The summed E-state index contributed by atoms with van der Waals surface area (Å²) in [7, 11) is 1.60. The summed E-state index contributed by atoms with van der Waals surface area (Å²) in [5, 5.41) is 2.88. The third kappa shape index (κ3) is 5.72. The molecule has 0 fully saturated rings. The van der Waals surface area contributed by atoms with Crippen molar-refractivity contribution < 1.29 is 14.3 Å². The number of rotatable bonds is 7. The number of anilines is 1. The number of nitrogens with one attached hydrogen (secondary N) is 1. The Morgan fingerprint density at radius 3 is 2.45 bits per heavy atom. The minimum atomic E-state index is -0.184. The second kappa shape index (κ2) is 9.60. The van der Waals surface area contributed by atoms with Crippen LogP contribution >= 0.6 is 0 Å². The van der Waals surface area contributed by atoms with E-state index in [0.29, 0.717) is 18.1 Å². The summed E-state index contributed by atoms with van der Waals surface area (Å²) in [6.45, 7) is 4.53. The second-order valence-corrected chi connectivity index (χ2v) is 6.81. The highest BCUT2D eigenvalue weighted by Gasteiger charge is 2.06. The number of carbonyl (C=O) groups is 1. The molecule has 0 radical (unpaired) electrons. The first-order chi connectivity index (χ1) is 14.0. The Morgan fingerprint density at radius 2 is 1.72 bits per heavy atom. The van der Waals surface area contributed by atoms with Crippen LogP contribution in [0.1, 0.15) is 22.3 Å². The van der Waals surface area contributed by atoms with E-state index in [1.807, 2.05) is 80.6 Å². The Kier molecular flexibility index (Phi) is 6.69. The zero-order valence-corrected chi connectivity index (χ0v) is 16.9. The standard InChI is InChI=1S/C25H25NO3/c1-18-9-12-22(15-19(18)2)26-25(27)14-11-20-10-13-23(24(16-20)28-3)29-17-21-7-5-4-6-8-21/h4-16H,17H2,1-3H3,(H,26,27)/b14-11+. The van der Waals surface area contributed by atoms with Gasteiger partial charge in [0.2, 0.25) is 5.91 Å². The summed E-state index contributed by atoms with van der Waals surface area (Å²) in [4.78, 5) is 12.2. The van der Waals surface area contributed by atoms with Crippen LogP contribution in [0.25, 0.3) is 6.08 Å². The maximum atomic E-state index is 12.2. The van der Waals surface area contributed by atoms with E-state index in [1.165, 1.54) is 11.6 Å². The number of hydrogen-bond acceptors (Lipinski definition) is 3. The quantitative estimate of drug-likeness (QED) is 0.541. The van der Waals surface area contributed by atoms with Gasteiger partial charge in [0.15, 0.2) is 11.5 Å². The molecule has 3 aromatic carbocycles. The molecule has 29 heavy (non-hydrogen) atoms. The van der Waals surface area contributed by atoms with Gasteiger partial charge in [0, 0.05) is 11.8 Å². The van der Waals surface area contributed by atoms with Crippen molar-refractivity contribution in [2.45, 2.75) is 20.5 Å². The lowest BCUT2D eigenvalue weighted by Crippen LogP contribution is -2.07. The summed E-state index contributed by atoms with van der Waals surface area (Å²) in [6.07, 6.45) is 3.26. The van der Waals surface area contributed by atoms with E-state index >= 15 is 0 Å². The molecular formula is C25H25NO3. The van der Waals surface area contributed by atoms with E-state index in [0.717, 1.165) is 22.4 Å². The Morgan fingerprint density at radius 1 is 0.931 bits per heavy atom. The molecule has 1 amide bonds. The van der Waals surface area contributed by atoms with Gasteiger partial charge in [-0.3, -0.25) is 4.79 Å². The monoisotopic (exact) mass is 387 g/mol. The predicted molar refractivity (Wildman–Crippen MR) is 117 cm³/mol. The number of hydrogen-bond donors (Lipinski definition) is 1. The summed E-state index contributed by atoms with van der Waals surface area (Å²) in [5.41, 5.74) is 5.05. The van der Waals surface area contributed by atoms with Gasteiger partial charge in [0.25, 0.3) is 0 Å². The average molecular weight is 387 g/mol. The van der Waals surface area contributed by atoms with Gasteiger partial charge in [-0.2, -0.15) is 0 Å². The molecule has 0 aromatic heterocycles. The molecule has 0 saturated heterocycles. The summed E-state index contributed by atoms with van der Waals surface area (Å²) >= 11 is 0. The fourth-order valence-corrected chi connectivity index (χ4v) is 2.82. The van der Waals surface area contributed by atoms with Crippen molar-refractivity contribution in [3.8, 4) is 11.5 Å². The molecule has 0 aliphatic carbocycles. The van der Waals surface area contributed by atoms with Gasteiger partial charge in [-0.05, 0) is 66.4 Å². The maximum absolute atomic E-state index is 12.2. The Bertz CT molecular complexity index is 1010. The van der Waals surface area contributed by atoms with Crippen molar-refractivity contribution in [1.29, 1.82) is 0 Å². The third-order valence-corrected chi connectivity index (χ3v) is 4.63. The van der Waals surface area contributed by atoms with E-state index in [9.17, 15) is 4.79 Å². The summed E-state index contributed by atoms with van der Waals surface area (Å²) < 4.78 is 11.3. The SMILES string of the molecule is COc1cc(/C=C/C(=O)Nc2ccc(C)c(C)c2)ccc1OCc1ccccc1. The number of ether oxygens (including phenoxy) is 2. The third-order valence-electron chi connectivity index (χ3n) is 4.63. The largest absolute Gasteiger partial charge is 0.493 e. The molecule has 1 N–H and O–H groups in total. The summed E-state index contributed by atoms with van der Waals surface area (Å²) in [5.74, 6) is 1.10. The van der Waals surface area contributed by atoms with Crippen LogP contribution < -0.4 is 14.8 Å². The van der Waals surface area contributed by atoms with E-state index in [1.54, 1.807) is 13.2 Å². The van der Waals surface area contributed by atoms with E-state index < -0.39 is 0 Å². The van der Waals surface area contributed by atoms with Crippen molar-refractivity contribution in [3.63, 3.8) is 0 Å². The Hall–Kier alpha value is -3.53. The van der Waals surface area contributed by atoms with Crippen LogP contribution in [0, 0.1) is 13.8 Å². The molecule has 0 unspecified atom stereocenters. The molecule has 0 spiro atoms. The first kappa shape index (κ1) is 20.2. The Balaban J connectivity index is 1.64. The van der Waals surface area contributed by atoms with Crippen molar-refractivity contribution in [2.24, 2.45) is 0 Å². The van der Waals surface area contributed by atoms with E-state index in [2.05, 4.69) is 5.32 Å². The van der Waals surface area contributed by atoms with Gasteiger partial charge >= 0.3 is 0 Å². The molecule has 0 aliphatic rings. The summed E-state index contributed by atoms with van der Waals surface area (Å²) in [6, 6.07) is 21.4. The lowest BCUT2D eigenvalue weighted by Gasteiger charge is -2.11. The minimum absolute atomic E-state index is 0.184. The predicted octanol–water partition coefficient (Wildman–Crippen LogP) is 5.54. The molecule has 0 atom stereocenters. The lowest BCUT2D eigenvalue weighted by molar-refractivity contribution is -0.111.